The van der Waals surface area contributed by atoms with Crippen molar-refractivity contribution in [2.75, 3.05) is 7.11 Å². The number of hydrogen-bond donors (Lipinski definition) is 2. The molecule has 6 nitrogen and oxygen atoms in total. The van der Waals surface area contributed by atoms with Gasteiger partial charge in [-0.3, -0.25) is 4.79 Å². The van der Waals surface area contributed by atoms with Crippen molar-refractivity contribution in [3.05, 3.63) is 59.7 Å². The standard InChI is InChI=1S/C19H16N2O4/c1-11-9-15(13-5-3-4-6-14(13)18(11)23)20-21-19(24)12-7-8-16(22)17(10-12)25-2/h3-10,22-23H,1-2H3. The van der Waals surface area contributed by atoms with Gasteiger partial charge in [-0.15, -0.1) is 10.2 Å². The summed E-state index contributed by atoms with van der Waals surface area (Å²) in [5, 5.41) is 28.9. The number of fused-ring (bicyclic) bond motifs is 1. The van der Waals surface area contributed by atoms with Gasteiger partial charge in [0, 0.05) is 16.3 Å². The van der Waals surface area contributed by atoms with Crippen molar-refractivity contribution in [2.45, 2.75) is 6.92 Å². The van der Waals surface area contributed by atoms with Crippen LogP contribution in [0.2, 0.25) is 0 Å². The fourth-order valence-electron chi connectivity index (χ4n) is 2.53. The first kappa shape index (κ1) is 16.4. The summed E-state index contributed by atoms with van der Waals surface area (Å²) in [6, 6.07) is 13.1. The van der Waals surface area contributed by atoms with E-state index in [0.717, 1.165) is 0 Å². The van der Waals surface area contributed by atoms with E-state index in [-0.39, 0.29) is 22.8 Å². The fourth-order valence-corrected chi connectivity index (χ4v) is 2.53. The molecule has 2 N–H and O–H groups in total. The number of azo groups is 1. The zero-order chi connectivity index (χ0) is 18.0. The first-order chi connectivity index (χ1) is 12.0. The Morgan fingerprint density at radius 3 is 2.48 bits per heavy atom. The van der Waals surface area contributed by atoms with E-state index in [1.54, 1.807) is 25.1 Å². The van der Waals surface area contributed by atoms with E-state index in [1.807, 2.05) is 12.1 Å². The van der Waals surface area contributed by atoms with Gasteiger partial charge in [-0.1, -0.05) is 24.3 Å². The van der Waals surface area contributed by atoms with Crippen LogP contribution in [0.15, 0.2) is 58.8 Å². The van der Waals surface area contributed by atoms with Crippen LogP contribution in [0, 0.1) is 6.92 Å². The second-order valence-corrected chi connectivity index (χ2v) is 5.50. The average Bonchev–Trinajstić information content (AvgIpc) is 2.63. The van der Waals surface area contributed by atoms with Crippen molar-refractivity contribution in [2.24, 2.45) is 10.2 Å². The molecule has 0 saturated carbocycles. The maximum Gasteiger partial charge on any atom is 0.295 e. The average molecular weight is 336 g/mol. The van der Waals surface area contributed by atoms with Crippen molar-refractivity contribution in [1.29, 1.82) is 0 Å². The molecule has 3 aromatic rings. The number of methoxy groups -OCH3 is 1. The van der Waals surface area contributed by atoms with Gasteiger partial charge in [0.1, 0.15) is 5.75 Å². The number of carbonyl (C=O) groups is 1. The number of rotatable bonds is 3. The van der Waals surface area contributed by atoms with Gasteiger partial charge in [0.05, 0.1) is 12.8 Å². The highest BCUT2D eigenvalue weighted by Gasteiger charge is 2.11. The van der Waals surface area contributed by atoms with E-state index < -0.39 is 5.91 Å². The number of aromatic hydroxyl groups is 2. The highest BCUT2D eigenvalue weighted by Crippen LogP contribution is 2.36. The summed E-state index contributed by atoms with van der Waals surface area (Å²) in [6.45, 7) is 1.76. The van der Waals surface area contributed by atoms with Gasteiger partial charge < -0.3 is 14.9 Å². The molecule has 0 atom stereocenters. The Balaban J connectivity index is 1.98. The summed E-state index contributed by atoms with van der Waals surface area (Å²) in [7, 11) is 1.40. The van der Waals surface area contributed by atoms with Crippen LogP contribution in [-0.2, 0) is 0 Å². The molecule has 0 fully saturated rings. The highest BCUT2D eigenvalue weighted by molar-refractivity contribution is 5.99. The van der Waals surface area contributed by atoms with Crippen LogP contribution in [0.4, 0.5) is 5.69 Å². The number of carbonyl (C=O) groups excluding carboxylic acids is 1. The molecule has 126 valence electrons. The molecule has 0 spiro atoms. The summed E-state index contributed by atoms with van der Waals surface area (Å²) in [5.41, 5.74) is 1.38. The largest absolute Gasteiger partial charge is 0.507 e. The lowest BCUT2D eigenvalue weighted by molar-refractivity contribution is 0.0994. The quantitative estimate of drug-likeness (QED) is 0.689. The molecule has 0 aliphatic heterocycles. The second kappa shape index (κ2) is 6.60. The Bertz CT molecular complexity index is 996. The summed E-state index contributed by atoms with van der Waals surface area (Å²) in [5.74, 6) is -0.250. The summed E-state index contributed by atoms with van der Waals surface area (Å²) in [6.07, 6.45) is 0. The molecule has 0 aliphatic carbocycles. The zero-order valence-corrected chi connectivity index (χ0v) is 13.7. The number of nitrogens with zero attached hydrogens (tertiary/aromatic N) is 2. The third-order valence-electron chi connectivity index (χ3n) is 3.86. The van der Waals surface area contributed by atoms with Gasteiger partial charge in [0.25, 0.3) is 5.91 Å². The Morgan fingerprint density at radius 1 is 1.04 bits per heavy atom. The Hall–Kier alpha value is -3.41. The molecule has 0 radical (unpaired) electrons. The highest BCUT2D eigenvalue weighted by atomic mass is 16.5. The second-order valence-electron chi connectivity index (χ2n) is 5.50. The number of aryl methyl sites for hydroxylation is 1. The third kappa shape index (κ3) is 3.14. The minimum atomic E-state index is -0.562. The van der Waals surface area contributed by atoms with Crippen molar-refractivity contribution in [3.8, 4) is 17.2 Å². The van der Waals surface area contributed by atoms with E-state index >= 15 is 0 Å². The zero-order valence-electron chi connectivity index (χ0n) is 13.7. The Morgan fingerprint density at radius 2 is 1.76 bits per heavy atom. The van der Waals surface area contributed by atoms with E-state index in [0.29, 0.717) is 22.0 Å². The number of benzene rings is 3. The number of amides is 1. The minimum Gasteiger partial charge on any atom is -0.507 e. The molecule has 0 saturated heterocycles. The summed E-state index contributed by atoms with van der Waals surface area (Å²) >= 11 is 0. The van der Waals surface area contributed by atoms with E-state index in [4.69, 9.17) is 4.74 Å². The van der Waals surface area contributed by atoms with Crippen LogP contribution in [0.25, 0.3) is 10.8 Å². The summed E-state index contributed by atoms with van der Waals surface area (Å²) < 4.78 is 4.98. The van der Waals surface area contributed by atoms with Crippen LogP contribution < -0.4 is 4.74 Å². The van der Waals surface area contributed by atoms with Gasteiger partial charge in [-0.25, -0.2) is 0 Å². The summed E-state index contributed by atoms with van der Waals surface area (Å²) in [4.78, 5) is 12.2. The minimum absolute atomic E-state index is 0.0591. The Labute approximate surface area is 144 Å². The van der Waals surface area contributed by atoms with Crippen molar-refractivity contribution in [3.63, 3.8) is 0 Å². The first-order valence-electron chi connectivity index (χ1n) is 7.55. The van der Waals surface area contributed by atoms with Crippen molar-refractivity contribution < 1.29 is 19.7 Å². The lowest BCUT2D eigenvalue weighted by Gasteiger charge is -2.07. The molecule has 0 aliphatic rings. The predicted octanol–water partition coefficient (Wildman–Crippen LogP) is 4.49. The number of phenols is 2. The molecule has 3 rings (SSSR count). The molecule has 0 unspecified atom stereocenters. The molecular weight excluding hydrogens is 320 g/mol. The topological polar surface area (TPSA) is 91.5 Å². The first-order valence-corrected chi connectivity index (χ1v) is 7.55. The van der Waals surface area contributed by atoms with Crippen LogP contribution in [0.5, 0.6) is 17.2 Å². The van der Waals surface area contributed by atoms with Gasteiger partial charge in [-0.05, 0) is 36.8 Å². The van der Waals surface area contributed by atoms with E-state index in [2.05, 4.69) is 10.2 Å². The van der Waals surface area contributed by atoms with E-state index in [1.165, 1.54) is 25.3 Å². The number of hydrogen-bond acceptors (Lipinski definition) is 5. The maximum absolute atomic E-state index is 12.2. The van der Waals surface area contributed by atoms with Gasteiger partial charge in [0.2, 0.25) is 0 Å². The number of ether oxygens (including phenoxy) is 1. The molecule has 0 bridgehead atoms. The smallest absolute Gasteiger partial charge is 0.295 e. The molecule has 0 heterocycles. The lowest BCUT2D eigenvalue weighted by Crippen LogP contribution is -1.95. The molecule has 3 aromatic carbocycles. The maximum atomic E-state index is 12.2. The van der Waals surface area contributed by atoms with Crippen LogP contribution >= 0.6 is 0 Å². The van der Waals surface area contributed by atoms with Gasteiger partial charge in [0.15, 0.2) is 11.5 Å². The fraction of sp³-hybridized carbons (Fsp3) is 0.105. The predicted molar refractivity (Wildman–Crippen MR) is 93.9 cm³/mol. The van der Waals surface area contributed by atoms with Crippen LogP contribution in [0.3, 0.4) is 0 Å². The van der Waals surface area contributed by atoms with Gasteiger partial charge in [-0.2, -0.15) is 0 Å². The molecule has 6 heteroatoms. The lowest BCUT2D eigenvalue weighted by atomic mass is 10.0. The monoisotopic (exact) mass is 336 g/mol. The molecular formula is C19H16N2O4. The van der Waals surface area contributed by atoms with E-state index in [9.17, 15) is 15.0 Å². The molecule has 25 heavy (non-hydrogen) atoms. The van der Waals surface area contributed by atoms with Crippen molar-refractivity contribution in [1.82, 2.24) is 0 Å². The molecule has 1 amide bonds. The van der Waals surface area contributed by atoms with Crippen LogP contribution in [0.1, 0.15) is 15.9 Å². The van der Waals surface area contributed by atoms with Crippen LogP contribution in [-0.4, -0.2) is 23.2 Å². The van der Waals surface area contributed by atoms with Crippen molar-refractivity contribution >= 4 is 22.4 Å². The number of phenolic OH excluding ortho intramolecular Hbond substituents is 2. The third-order valence-corrected chi connectivity index (χ3v) is 3.86. The van der Waals surface area contributed by atoms with Gasteiger partial charge >= 0.3 is 0 Å². The Kier molecular flexibility index (Phi) is 4.35. The molecule has 0 aromatic heterocycles. The normalized spacial score (nSPS) is 11.1. The SMILES string of the molecule is COc1cc(C(=O)N=Nc2cc(C)c(O)c3ccccc23)ccc1O.